The lowest BCUT2D eigenvalue weighted by atomic mass is 10.0. The minimum absolute atomic E-state index is 0.132. The van der Waals surface area contributed by atoms with Crippen LogP contribution in [0.15, 0.2) is 12.1 Å². The van der Waals surface area contributed by atoms with Gasteiger partial charge in [0.2, 0.25) is 0 Å². The molecule has 0 fully saturated rings. The molecule has 4 heteroatoms. The van der Waals surface area contributed by atoms with E-state index in [9.17, 15) is 13.2 Å². The fourth-order valence-electron chi connectivity index (χ4n) is 1.85. The van der Waals surface area contributed by atoms with E-state index >= 15 is 0 Å². The summed E-state index contributed by atoms with van der Waals surface area (Å²) in [6, 6.07) is 4.21. The van der Waals surface area contributed by atoms with Gasteiger partial charge in [-0.2, -0.15) is 13.2 Å². The molecule has 1 rings (SSSR count). The number of hydrogen-bond acceptors (Lipinski definition) is 1. The molecular weight excluding hydrogens is 239 g/mol. The van der Waals surface area contributed by atoms with Crippen molar-refractivity contribution in [3.05, 3.63) is 34.4 Å². The summed E-state index contributed by atoms with van der Waals surface area (Å²) in [5, 5.41) is 3.06. The van der Waals surface area contributed by atoms with E-state index in [-0.39, 0.29) is 6.42 Å². The fraction of sp³-hybridized carbons (Fsp3) is 0.571. The van der Waals surface area contributed by atoms with Gasteiger partial charge in [0.1, 0.15) is 0 Å². The topological polar surface area (TPSA) is 12.0 Å². The second-order valence-corrected chi connectivity index (χ2v) is 4.76. The molecule has 0 unspecified atom stereocenters. The van der Waals surface area contributed by atoms with Gasteiger partial charge in [0.05, 0.1) is 0 Å². The highest BCUT2D eigenvalue weighted by Gasteiger charge is 2.25. The lowest BCUT2D eigenvalue weighted by Gasteiger charge is -2.11. The summed E-state index contributed by atoms with van der Waals surface area (Å²) in [5.41, 5.74) is 4.80. The van der Waals surface area contributed by atoms with Crippen LogP contribution >= 0.6 is 0 Å². The van der Waals surface area contributed by atoms with Gasteiger partial charge in [-0.3, -0.25) is 0 Å². The van der Waals surface area contributed by atoms with E-state index in [0.29, 0.717) is 13.1 Å². The molecule has 0 aliphatic rings. The van der Waals surface area contributed by atoms with Crippen molar-refractivity contribution >= 4 is 0 Å². The van der Waals surface area contributed by atoms with Crippen LogP contribution in [-0.2, 0) is 6.54 Å². The smallest absolute Gasteiger partial charge is 0.313 e. The number of rotatable bonds is 5. The Morgan fingerprint density at radius 3 is 2.22 bits per heavy atom. The number of benzene rings is 1. The van der Waals surface area contributed by atoms with Crippen LogP contribution in [0.1, 0.15) is 35.1 Å². The van der Waals surface area contributed by atoms with E-state index < -0.39 is 12.6 Å². The SMILES string of the molecule is Cc1cc(C)c(CNCCCC(F)(F)F)cc1C. The molecule has 0 radical (unpaired) electrons. The Kier molecular flexibility index (Phi) is 5.20. The van der Waals surface area contributed by atoms with Gasteiger partial charge in [-0.25, -0.2) is 0 Å². The molecule has 0 atom stereocenters. The summed E-state index contributed by atoms with van der Waals surface area (Å²) < 4.78 is 35.8. The van der Waals surface area contributed by atoms with Crippen LogP contribution in [0.3, 0.4) is 0 Å². The zero-order chi connectivity index (χ0) is 13.8. The van der Waals surface area contributed by atoms with Gasteiger partial charge < -0.3 is 5.32 Å². The number of nitrogens with one attached hydrogen (secondary N) is 1. The second kappa shape index (κ2) is 6.23. The first-order valence-corrected chi connectivity index (χ1v) is 6.14. The Morgan fingerprint density at radius 1 is 1.00 bits per heavy atom. The Bertz CT molecular complexity index is 397. The Balaban J connectivity index is 2.38. The molecule has 0 aliphatic carbocycles. The van der Waals surface area contributed by atoms with E-state index in [0.717, 1.165) is 5.56 Å². The van der Waals surface area contributed by atoms with Crippen LogP contribution < -0.4 is 5.32 Å². The molecule has 0 amide bonds. The van der Waals surface area contributed by atoms with Gasteiger partial charge in [-0.1, -0.05) is 12.1 Å². The first kappa shape index (κ1) is 15.0. The Hall–Kier alpha value is -1.03. The summed E-state index contributed by atoms with van der Waals surface area (Å²) in [6.07, 6.45) is -4.63. The van der Waals surface area contributed by atoms with Crippen molar-refractivity contribution in [1.82, 2.24) is 5.32 Å². The first-order valence-electron chi connectivity index (χ1n) is 6.14. The molecule has 0 heterocycles. The highest BCUT2D eigenvalue weighted by molar-refractivity contribution is 5.36. The van der Waals surface area contributed by atoms with Crippen molar-refractivity contribution in [1.29, 1.82) is 0 Å². The van der Waals surface area contributed by atoms with Gasteiger partial charge in [-0.05, 0) is 56.0 Å². The quantitative estimate of drug-likeness (QED) is 0.787. The molecule has 0 saturated heterocycles. The van der Waals surface area contributed by atoms with Gasteiger partial charge >= 0.3 is 6.18 Å². The molecule has 0 spiro atoms. The minimum atomic E-state index is -4.04. The van der Waals surface area contributed by atoms with E-state index in [4.69, 9.17) is 0 Å². The molecule has 102 valence electrons. The van der Waals surface area contributed by atoms with Crippen LogP contribution in [0, 0.1) is 20.8 Å². The molecular formula is C14H20F3N. The largest absolute Gasteiger partial charge is 0.389 e. The average molecular weight is 259 g/mol. The molecule has 1 nitrogen and oxygen atoms in total. The predicted octanol–water partition coefficient (Wildman–Crippen LogP) is 4.04. The monoisotopic (exact) mass is 259 g/mol. The summed E-state index contributed by atoms with van der Waals surface area (Å²) in [7, 11) is 0. The van der Waals surface area contributed by atoms with Crippen molar-refractivity contribution in [2.24, 2.45) is 0 Å². The molecule has 18 heavy (non-hydrogen) atoms. The third-order valence-corrected chi connectivity index (χ3v) is 3.08. The molecule has 1 N–H and O–H groups in total. The van der Waals surface area contributed by atoms with Gasteiger partial charge in [-0.15, -0.1) is 0 Å². The van der Waals surface area contributed by atoms with E-state index in [1.165, 1.54) is 16.7 Å². The third-order valence-electron chi connectivity index (χ3n) is 3.08. The second-order valence-electron chi connectivity index (χ2n) is 4.76. The zero-order valence-corrected chi connectivity index (χ0v) is 11.1. The van der Waals surface area contributed by atoms with Crippen molar-refractivity contribution < 1.29 is 13.2 Å². The number of aryl methyl sites for hydroxylation is 3. The first-order chi connectivity index (χ1) is 8.29. The lowest BCUT2D eigenvalue weighted by molar-refractivity contribution is -0.135. The zero-order valence-electron chi connectivity index (χ0n) is 11.1. The number of alkyl halides is 3. The molecule has 0 aromatic heterocycles. The third kappa shape index (κ3) is 5.08. The maximum Gasteiger partial charge on any atom is 0.389 e. The van der Waals surface area contributed by atoms with Crippen molar-refractivity contribution in [3.8, 4) is 0 Å². The molecule has 0 aliphatic heterocycles. The standard InChI is InChI=1S/C14H20F3N/c1-10-7-12(3)13(8-11(10)2)9-18-6-4-5-14(15,16)17/h7-8,18H,4-6,9H2,1-3H3. The van der Waals surface area contributed by atoms with Crippen LogP contribution in [0.25, 0.3) is 0 Å². The van der Waals surface area contributed by atoms with Gasteiger partial charge in [0, 0.05) is 13.0 Å². The summed E-state index contributed by atoms with van der Waals surface area (Å²) in [6.45, 7) is 7.15. The van der Waals surface area contributed by atoms with Crippen molar-refractivity contribution in [2.75, 3.05) is 6.54 Å². The molecule has 0 saturated carbocycles. The van der Waals surface area contributed by atoms with E-state index in [2.05, 4.69) is 24.4 Å². The highest BCUT2D eigenvalue weighted by atomic mass is 19.4. The number of hydrogen-bond donors (Lipinski definition) is 1. The van der Waals surface area contributed by atoms with E-state index in [1.807, 2.05) is 13.8 Å². The minimum Gasteiger partial charge on any atom is -0.313 e. The van der Waals surface area contributed by atoms with Crippen LogP contribution in [0.2, 0.25) is 0 Å². The van der Waals surface area contributed by atoms with Crippen LogP contribution in [0.4, 0.5) is 13.2 Å². The fourth-order valence-corrected chi connectivity index (χ4v) is 1.85. The molecule has 1 aromatic carbocycles. The Labute approximate surface area is 106 Å². The molecule has 1 aromatic rings. The summed E-state index contributed by atoms with van der Waals surface area (Å²) >= 11 is 0. The van der Waals surface area contributed by atoms with E-state index in [1.54, 1.807) is 0 Å². The van der Waals surface area contributed by atoms with Crippen LogP contribution in [0.5, 0.6) is 0 Å². The average Bonchev–Trinajstić information content (AvgIpc) is 2.23. The predicted molar refractivity (Wildman–Crippen MR) is 67.6 cm³/mol. The summed E-state index contributed by atoms with van der Waals surface area (Å²) in [4.78, 5) is 0. The maximum atomic E-state index is 11.9. The van der Waals surface area contributed by atoms with Crippen molar-refractivity contribution in [2.45, 2.75) is 46.3 Å². The highest BCUT2D eigenvalue weighted by Crippen LogP contribution is 2.20. The summed E-state index contributed by atoms with van der Waals surface area (Å²) in [5.74, 6) is 0. The normalized spacial score (nSPS) is 11.9. The van der Waals surface area contributed by atoms with Gasteiger partial charge in [0.15, 0.2) is 0 Å². The Morgan fingerprint density at radius 2 is 1.61 bits per heavy atom. The maximum absolute atomic E-state index is 11.9. The van der Waals surface area contributed by atoms with Crippen molar-refractivity contribution in [3.63, 3.8) is 0 Å². The lowest BCUT2D eigenvalue weighted by Crippen LogP contribution is -2.18. The van der Waals surface area contributed by atoms with Gasteiger partial charge in [0.25, 0.3) is 0 Å². The molecule has 0 bridgehead atoms. The van der Waals surface area contributed by atoms with Crippen LogP contribution in [-0.4, -0.2) is 12.7 Å². The number of halogens is 3.